The van der Waals surface area contributed by atoms with Gasteiger partial charge in [-0.25, -0.2) is 13.4 Å². The van der Waals surface area contributed by atoms with Gasteiger partial charge in [-0.1, -0.05) is 0 Å². The first-order valence-corrected chi connectivity index (χ1v) is 6.62. The molecule has 0 radical (unpaired) electrons. The molecule has 1 atom stereocenters. The maximum absolute atomic E-state index is 11.1. The molecule has 2 rings (SSSR count). The van der Waals surface area contributed by atoms with Crippen LogP contribution in [-0.4, -0.2) is 30.0 Å². The molecule has 0 aromatic carbocycles. The molecule has 0 bridgehead atoms. The van der Waals surface area contributed by atoms with Crippen molar-refractivity contribution in [3.63, 3.8) is 0 Å². The van der Waals surface area contributed by atoms with E-state index >= 15 is 0 Å². The Morgan fingerprint density at radius 1 is 1.62 bits per heavy atom. The van der Waals surface area contributed by atoms with E-state index in [4.69, 9.17) is 5.11 Å². The van der Waals surface area contributed by atoms with Crippen LogP contribution in [0.15, 0.2) is 5.38 Å². The molecule has 1 aliphatic rings. The van der Waals surface area contributed by atoms with E-state index in [1.165, 1.54) is 16.7 Å². The Hall–Kier alpha value is -0.620. The zero-order valence-corrected chi connectivity index (χ0v) is 8.44. The van der Waals surface area contributed by atoms with Gasteiger partial charge in [0.1, 0.15) is 5.01 Å². The zero-order chi connectivity index (χ0) is 9.47. The van der Waals surface area contributed by atoms with Crippen molar-refractivity contribution in [3.8, 4) is 5.88 Å². The molecular formula is C7H9NO3S2. The topological polar surface area (TPSA) is 67.3 Å². The third-order valence-corrected chi connectivity index (χ3v) is 4.85. The summed E-state index contributed by atoms with van der Waals surface area (Å²) in [7, 11) is -2.85. The highest BCUT2D eigenvalue weighted by molar-refractivity contribution is 7.91. The minimum absolute atomic E-state index is 0.00380. The highest BCUT2D eigenvalue weighted by Crippen LogP contribution is 2.31. The average Bonchev–Trinajstić information content (AvgIpc) is 2.56. The Balaban J connectivity index is 2.21. The third-order valence-electron chi connectivity index (χ3n) is 2.09. The summed E-state index contributed by atoms with van der Waals surface area (Å²) in [6, 6.07) is 0. The molecular weight excluding hydrogens is 210 g/mol. The highest BCUT2D eigenvalue weighted by Gasteiger charge is 2.30. The summed E-state index contributed by atoms with van der Waals surface area (Å²) in [5, 5.41) is 11.3. The number of thiazole rings is 1. The summed E-state index contributed by atoms with van der Waals surface area (Å²) in [6.45, 7) is 0. The molecule has 13 heavy (non-hydrogen) atoms. The van der Waals surface area contributed by atoms with Crippen LogP contribution in [0.2, 0.25) is 0 Å². The van der Waals surface area contributed by atoms with Crippen LogP contribution >= 0.6 is 11.3 Å². The average molecular weight is 219 g/mol. The standard InChI is InChI=1S/C7H9NO3S2/c9-6-3-12-7(8-6)5-1-2-13(10,11)4-5/h3,5,9H,1-2,4H2. The Morgan fingerprint density at radius 3 is 2.85 bits per heavy atom. The molecule has 1 aromatic heterocycles. The lowest BCUT2D eigenvalue weighted by atomic mass is 10.1. The summed E-state index contributed by atoms with van der Waals surface area (Å²) in [4.78, 5) is 3.87. The third kappa shape index (κ3) is 1.83. The van der Waals surface area contributed by atoms with Crippen LogP contribution in [0, 0.1) is 0 Å². The van der Waals surface area contributed by atoms with Gasteiger partial charge < -0.3 is 5.11 Å². The highest BCUT2D eigenvalue weighted by atomic mass is 32.2. The second kappa shape index (κ2) is 2.95. The Kier molecular flexibility index (Phi) is 2.03. The quantitative estimate of drug-likeness (QED) is 0.757. The molecule has 1 aliphatic heterocycles. The Morgan fingerprint density at radius 2 is 2.38 bits per heavy atom. The summed E-state index contributed by atoms with van der Waals surface area (Å²) in [5.41, 5.74) is 0. The lowest BCUT2D eigenvalue weighted by Crippen LogP contribution is -2.03. The summed E-state index contributed by atoms with van der Waals surface area (Å²) in [6.07, 6.45) is 0.634. The van der Waals surface area contributed by atoms with Crippen LogP contribution < -0.4 is 0 Å². The largest absolute Gasteiger partial charge is 0.493 e. The van der Waals surface area contributed by atoms with Crippen LogP contribution in [0.5, 0.6) is 5.88 Å². The number of hydrogen-bond donors (Lipinski definition) is 1. The number of sulfone groups is 1. The number of aromatic nitrogens is 1. The van der Waals surface area contributed by atoms with Crippen molar-refractivity contribution in [1.29, 1.82) is 0 Å². The molecule has 1 saturated heterocycles. The van der Waals surface area contributed by atoms with Crippen molar-refractivity contribution < 1.29 is 13.5 Å². The van der Waals surface area contributed by atoms with E-state index in [-0.39, 0.29) is 23.3 Å². The number of hydrogen-bond acceptors (Lipinski definition) is 5. The molecule has 0 spiro atoms. The molecule has 72 valence electrons. The number of nitrogens with zero attached hydrogens (tertiary/aromatic N) is 1. The summed E-state index contributed by atoms with van der Waals surface area (Å²) in [5.74, 6) is 0.415. The fourth-order valence-corrected chi connectivity index (χ4v) is 4.13. The van der Waals surface area contributed by atoms with Gasteiger partial charge in [0.25, 0.3) is 0 Å². The van der Waals surface area contributed by atoms with Gasteiger partial charge in [0, 0.05) is 5.92 Å². The molecule has 2 heterocycles. The van der Waals surface area contributed by atoms with Gasteiger partial charge in [0.15, 0.2) is 9.84 Å². The van der Waals surface area contributed by atoms with Crippen molar-refractivity contribution in [2.75, 3.05) is 11.5 Å². The van der Waals surface area contributed by atoms with Crippen molar-refractivity contribution in [3.05, 3.63) is 10.4 Å². The lowest BCUT2D eigenvalue weighted by molar-refractivity contribution is 0.454. The van der Waals surface area contributed by atoms with Crippen LogP contribution in [0.4, 0.5) is 0 Å². The number of rotatable bonds is 1. The predicted octanol–water partition coefficient (Wildman–Crippen LogP) is 0.751. The van der Waals surface area contributed by atoms with E-state index in [0.29, 0.717) is 6.42 Å². The SMILES string of the molecule is O=S1(=O)CCC(c2nc(O)cs2)C1. The van der Waals surface area contributed by atoms with Gasteiger partial charge in [0.2, 0.25) is 5.88 Å². The van der Waals surface area contributed by atoms with Crippen molar-refractivity contribution in [2.24, 2.45) is 0 Å². The van der Waals surface area contributed by atoms with Gasteiger partial charge in [-0.2, -0.15) is 0 Å². The first kappa shape index (κ1) is 8.96. The Bertz CT molecular complexity index is 409. The van der Waals surface area contributed by atoms with E-state index in [1.54, 1.807) is 0 Å². The first-order chi connectivity index (χ1) is 6.07. The van der Waals surface area contributed by atoms with Gasteiger partial charge in [-0.15, -0.1) is 11.3 Å². The van der Waals surface area contributed by atoms with Gasteiger partial charge in [-0.3, -0.25) is 0 Å². The van der Waals surface area contributed by atoms with Crippen LogP contribution in [-0.2, 0) is 9.84 Å². The van der Waals surface area contributed by atoms with E-state index < -0.39 is 9.84 Å². The summed E-state index contributed by atoms with van der Waals surface area (Å²) >= 11 is 1.32. The summed E-state index contributed by atoms with van der Waals surface area (Å²) < 4.78 is 22.3. The van der Waals surface area contributed by atoms with Crippen LogP contribution in [0.25, 0.3) is 0 Å². The van der Waals surface area contributed by atoms with Crippen molar-refractivity contribution in [1.82, 2.24) is 4.98 Å². The van der Waals surface area contributed by atoms with Crippen molar-refractivity contribution >= 4 is 21.2 Å². The van der Waals surface area contributed by atoms with Crippen LogP contribution in [0.3, 0.4) is 0 Å². The number of aromatic hydroxyl groups is 1. The smallest absolute Gasteiger partial charge is 0.222 e. The van der Waals surface area contributed by atoms with E-state index in [9.17, 15) is 8.42 Å². The molecule has 6 heteroatoms. The molecule has 1 fully saturated rings. The van der Waals surface area contributed by atoms with E-state index in [2.05, 4.69) is 4.98 Å². The first-order valence-electron chi connectivity index (χ1n) is 3.92. The molecule has 4 nitrogen and oxygen atoms in total. The molecule has 1 unspecified atom stereocenters. The normalized spacial score (nSPS) is 26.3. The Labute approximate surface area is 80.2 Å². The van der Waals surface area contributed by atoms with Crippen LogP contribution in [0.1, 0.15) is 17.3 Å². The van der Waals surface area contributed by atoms with E-state index in [0.717, 1.165) is 5.01 Å². The van der Waals surface area contributed by atoms with Crippen molar-refractivity contribution in [2.45, 2.75) is 12.3 Å². The second-order valence-corrected chi connectivity index (χ2v) is 6.26. The molecule has 0 amide bonds. The lowest BCUT2D eigenvalue weighted by Gasteiger charge is -2.00. The fourth-order valence-electron chi connectivity index (χ4n) is 1.46. The van der Waals surface area contributed by atoms with E-state index in [1.807, 2.05) is 0 Å². The van der Waals surface area contributed by atoms with Gasteiger partial charge in [-0.05, 0) is 6.42 Å². The fraction of sp³-hybridized carbons (Fsp3) is 0.571. The maximum atomic E-state index is 11.1. The predicted molar refractivity (Wildman–Crippen MR) is 49.8 cm³/mol. The minimum Gasteiger partial charge on any atom is -0.493 e. The molecule has 1 N–H and O–H groups in total. The minimum atomic E-state index is -2.85. The molecule has 0 saturated carbocycles. The molecule has 1 aromatic rings. The monoisotopic (exact) mass is 219 g/mol. The maximum Gasteiger partial charge on any atom is 0.222 e. The molecule has 0 aliphatic carbocycles. The van der Waals surface area contributed by atoms with Gasteiger partial charge in [0.05, 0.1) is 16.9 Å². The zero-order valence-electron chi connectivity index (χ0n) is 6.80. The van der Waals surface area contributed by atoms with Gasteiger partial charge >= 0.3 is 0 Å². The second-order valence-electron chi connectivity index (χ2n) is 3.14.